The van der Waals surface area contributed by atoms with Crippen molar-refractivity contribution in [2.24, 2.45) is 4.99 Å². The van der Waals surface area contributed by atoms with Crippen molar-refractivity contribution in [3.05, 3.63) is 72.2 Å². The second kappa shape index (κ2) is 13.1. The number of nitrogens with one attached hydrogen (secondary N) is 2. The number of imidazole rings is 1. The number of aryl methyl sites for hydroxylation is 1. The first-order valence-electron chi connectivity index (χ1n) is 10.5. The fourth-order valence-corrected chi connectivity index (χ4v) is 3.12. The average Bonchev–Trinajstić information content (AvgIpc) is 3.24. The Labute approximate surface area is 207 Å². The van der Waals surface area contributed by atoms with Crippen molar-refractivity contribution in [3.8, 4) is 17.0 Å². The molecule has 1 heterocycles. The summed E-state index contributed by atoms with van der Waals surface area (Å²) in [4.78, 5) is 14.4. The van der Waals surface area contributed by atoms with E-state index in [9.17, 15) is 5.11 Å². The molecule has 8 heteroatoms. The molecule has 1 atom stereocenters. The van der Waals surface area contributed by atoms with Gasteiger partial charge in [0, 0.05) is 13.6 Å². The molecular weight excluding hydrogens is 517 g/mol. The number of benzene rings is 2. The Bertz CT molecular complexity index is 977. The summed E-state index contributed by atoms with van der Waals surface area (Å²) in [7, 11) is 1.95. The number of aliphatic imine (C=N–C) groups is 1. The maximum Gasteiger partial charge on any atom is 0.194 e. The van der Waals surface area contributed by atoms with Crippen LogP contribution in [0.15, 0.2) is 65.8 Å². The first-order chi connectivity index (χ1) is 15.0. The van der Waals surface area contributed by atoms with E-state index in [1.165, 1.54) is 0 Å². The number of H-pyrrole nitrogens is 1. The molecule has 0 fully saturated rings. The number of hydrogen-bond acceptors (Lipinski definition) is 4. The van der Waals surface area contributed by atoms with Crippen LogP contribution in [-0.2, 0) is 6.54 Å². The lowest BCUT2D eigenvalue weighted by Crippen LogP contribution is -2.39. The molecule has 0 spiro atoms. The predicted octanol–water partition coefficient (Wildman–Crippen LogP) is 3.84. The number of halogens is 1. The van der Waals surface area contributed by atoms with Crippen molar-refractivity contribution in [2.75, 3.05) is 26.7 Å². The molecule has 7 nitrogen and oxygen atoms in total. The quantitative estimate of drug-likeness (QED) is 0.215. The van der Waals surface area contributed by atoms with Gasteiger partial charge in [-0.15, -0.1) is 24.0 Å². The van der Waals surface area contributed by atoms with Crippen LogP contribution < -0.4 is 10.1 Å². The third kappa shape index (κ3) is 7.83. The van der Waals surface area contributed by atoms with E-state index in [0.717, 1.165) is 34.9 Å². The van der Waals surface area contributed by atoms with Crippen LogP contribution in [0.2, 0.25) is 0 Å². The van der Waals surface area contributed by atoms with Gasteiger partial charge in [0.2, 0.25) is 0 Å². The van der Waals surface area contributed by atoms with Gasteiger partial charge in [-0.1, -0.05) is 42.5 Å². The Hall–Kier alpha value is -2.59. The molecule has 3 rings (SSSR count). The van der Waals surface area contributed by atoms with Crippen LogP contribution in [0.25, 0.3) is 11.3 Å². The van der Waals surface area contributed by atoms with Crippen LogP contribution in [0, 0.1) is 6.92 Å². The van der Waals surface area contributed by atoms with Gasteiger partial charge < -0.3 is 25.0 Å². The molecule has 172 valence electrons. The summed E-state index contributed by atoms with van der Waals surface area (Å²) in [5.74, 6) is 2.30. The summed E-state index contributed by atoms with van der Waals surface area (Å²) in [5, 5.41) is 13.6. The van der Waals surface area contributed by atoms with Crippen molar-refractivity contribution in [2.45, 2.75) is 26.5 Å². The third-order valence-corrected chi connectivity index (χ3v) is 4.68. The van der Waals surface area contributed by atoms with Crippen molar-refractivity contribution >= 4 is 29.9 Å². The SMILES string of the molecule is CCNC(=NCC(O)COc1cccc(C)c1)N(C)Cc1ncc(-c2ccccc2)[nH]1.I. The van der Waals surface area contributed by atoms with E-state index in [1.54, 1.807) is 0 Å². The van der Waals surface area contributed by atoms with Gasteiger partial charge in [0.25, 0.3) is 0 Å². The lowest BCUT2D eigenvalue weighted by Gasteiger charge is -2.21. The lowest BCUT2D eigenvalue weighted by atomic mass is 10.2. The molecule has 0 saturated carbocycles. The van der Waals surface area contributed by atoms with Crippen molar-refractivity contribution in [1.29, 1.82) is 0 Å². The van der Waals surface area contributed by atoms with Gasteiger partial charge in [0.05, 0.1) is 25.0 Å². The van der Waals surface area contributed by atoms with Crippen molar-refractivity contribution in [1.82, 2.24) is 20.2 Å². The molecule has 0 aliphatic rings. The van der Waals surface area contributed by atoms with Crippen LogP contribution in [-0.4, -0.2) is 58.8 Å². The molecular formula is C24H32IN5O2. The maximum absolute atomic E-state index is 10.3. The maximum atomic E-state index is 10.3. The van der Waals surface area contributed by atoms with E-state index in [-0.39, 0.29) is 37.1 Å². The van der Waals surface area contributed by atoms with Crippen LogP contribution in [0.5, 0.6) is 5.75 Å². The first kappa shape index (κ1) is 25.7. The highest BCUT2D eigenvalue weighted by Gasteiger charge is 2.12. The Kier molecular flexibility index (Phi) is 10.5. The standard InChI is InChI=1S/C24H31N5O2.HI/c1-4-25-24(27-14-20(30)17-31-21-12-8-9-18(2)13-21)29(3)16-23-26-15-22(28-23)19-10-6-5-7-11-19;/h5-13,15,20,30H,4,14,16-17H2,1-3H3,(H,25,27)(H,26,28);1H. The summed E-state index contributed by atoms with van der Waals surface area (Å²) >= 11 is 0. The molecule has 0 radical (unpaired) electrons. The molecule has 32 heavy (non-hydrogen) atoms. The Morgan fingerprint density at radius 2 is 2.00 bits per heavy atom. The zero-order valence-corrected chi connectivity index (χ0v) is 21.1. The van der Waals surface area contributed by atoms with Gasteiger partial charge in [0.1, 0.15) is 24.3 Å². The van der Waals surface area contributed by atoms with Gasteiger partial charge >= 0.3 is 0 Å². The van der Waals surface area contributed by atoms with Crippen LogP contribution in [0.4, 0.5) is 0 Å². The van der Waals surface area contributed by atoms with Crippen LogP contribution in [0.1, 0.15) is 18.3 Å². The van der Waals surface area contributed by atoms with Crippen molar-refractivity contribution < 1.29 is 9.84 Å². The number of hydrogen-bond donors (Lipinski definition) is 3. The molecule has 1 aromatic heterocycles. The van der Waals surface area contributed by atoms with E-state index in [1.807, 2.05) is 86.6 Å². The molecule has 0 aliphatic carbocycles. The van der Waals surface area contributed by atoms with Crippen molar-refractivity contribution in [3.63, 3.8) is 0 Å². The molecule has 3 N–H and O–H groups in total. The van der Waals surface area contributed by atoms with E-state index in [4.69, 9.17) is 4.74 Å². The van der Waals surface area contributed by atoms with Gasteiger partial charge in [-0.3, -0.25) is 4.99 Å². The number of nitrogens with zero attached hydrogens (tertiary/aromatic N) is 3. The minimum absolute atomic E-state index is 0. The monoisotopic (exact) mass is 549 g/mol. The van der Waals surface area contributed by atoms with E-state index < -0.39 is 6.10 Å². The molecule has 3 aromatic rings. The van der Waals surface area contributed by atoms with Gasteiger partial charge in [0.15, 0.2) is 5.96 Å². The van der Waals surface area contributed by atoms with E-state index in [2.05, 4.69) is 20.3 Å². The topological polar surface area (TPSA) is 85.8 Å². The Morgan fingerprint density at radius 1 is 1.22 bits per heavy atom. The molecule has 0 amide bonds. The molecule has 1 unspecified atom stereocenters. The third-order valence-electron chi connectivity index (χ3n) is 4.68. The smallest absolute Gasteiger partial charge is 0.194 e. The summed E-state index contributed by atoms with van der Waals surface area (Å²) in [5.41, 5.74) is 3.20. The molecule has 0 saturated heterocycles. The number of aromatic nitrogens is 2. The number of rotatable bonds is 9. The molecule has 0 bridgehead atoms. The van der Waals surface area contributed by atoms with E-state index in [0.29, 0.717) is 12.5 Å². The number of ether oxygens (including phenoxy) is 1. The minimum Gasteiger partial charge on any atom is -0.491 e. The highest BCUT2D eigenvalue weighted by molar-refractivity contribution is 14.0. The highest BCUT2D eigenvalue weighted by atomic mass is 127. The molecule has 2 aromatic carbocycles. The summed E-state index contributed by atoms with van der Waals surface area (Å²) in [6.45, 7) is 5.75. The number of guanidine groups is 1. The van der Waals surface area contributed by atoms with Gasteiger partial charge in [-0.2, -0.15) is 0 Å². The largest absolute Gasteiger partial charge is 0.491 e. The van der Waals surface area contributed by atoms with Crippen LogP contribution in [0.3, 0.4) is 0 Å². The van der Waals surface area contributed by atoms with Gasteiger partial charge in [-0.05, 0) is 37.1 Å². The summed E-state index contributed by atoms with van der Waals surface area (Å²) in [6.07, 6.45) is 1.14. The number of aliphatic hydroxyl groups is 1. The fourth-order valence-electron chi connectivity index (χ4n) is 3.12. The predicted molar refractivity (Wildman–Crippen MR) is 140 cm³/mol. The normalized spacial score (nSPS) is 12.1. The number of aliphatic hydroxyl groups excluding tert-OH is 1. The summed E-state index contributed by atoms with van der Waals surface area (Å²) < 4.78 is 5.67. The van der Waals surface area contributed by atoms with E-state index >= 15 is 0 Å². The minimum atomic E-state index is -0.698. The highest BCUT2D eigenvalue weighted by Crippen LogP contribution is 2.16. The van der Waals surface area contributed by atoms with Crippen LogP contribution >= 0.6 is 24.0 Å². The Morgan fingerprint density at radius 3 is 2.72 bits per heavy atom. The average molecular weight is 549 g/mol. The second-order valence-corrected chi connectivity index (χ2v) is 7.44. The lowest BCUT2D eigenvalue weighted by molar-refractivity contribution is 0.114. The zero-order valence-electron chi connectivity index (χ0n) is 18.8. The Balaban J connectivity index is 0.00000363. The number of aromatic amines is 1. The zero-order chi connectivity index (χ0) is 22.1. The first-order valence-corrected chi connectivity index (χ1v) is 10.5. The molecule has 0 aliphatic heterocycles. The fraction of sp³-hybridized carbons (Fsp3) is 0.333. The second-order valence-electron chi connectivity index (χ2n) is 7.44. The van der Waals surface area contributed by atoms with Gasteiger partial charge in [-0.25, -0.2) is 4.98 Å². The summed E-state index contributed by atoms with van der Waals surface area (Å²) in [6, 6.07) is 17.9.